The highest BCUT2D eigenvalue weighted by Crippen LogP contribution is 2.27. The Morgan fingerprint density at radius 1 is 1.29 bits per heavy atom. The summed E-state index contributed by atoms with van der Waals surface area (Å²) in [4.78, 5) is 9.75. The Balaban J connectivity index is 1.76. The summed E-state index contributed by atoms with van der Waals surface area (Å²) >= 11 is 0. The van der Waals surface area contributed by atoms with Gasteiger partial charge in [-0.2, -0.15) is 0 Å². The predicted octanol–water partition coefficient (Wildman–Crippen LogP) is 1.07. The van der Waals surface area contributed by atoms with Crippen molar-refractivity contribution in [1.82, 2.24) is 9.88 Å². The lowest BCUT2D eigenvalue weighted by molar-refractivity contribution is 0.0209. The molecule has 0 spiro atoms. The van der Waals surface area contributed by atoms with Gasteiger partial charge in [-0.15, -0.1) is 0 Å². The van der Waals surface area contributed by atoms with Crippen LogP contribution in [0.5, 0.6) is 0 Å². The maximum atomic E-state index is 5.95. The van der Waals surface area contributed by atoms with Crippen LogP contribution in [0.25, 0.3) is 0 Å². The Kier molecular flexibility index (Phi) is 4.42. The molecule has 1 aromatic rings. The molecule has 2 aliphatic rings. The molecule has 2 aliphatic heterocycles. The molecule has 2 fully saturated rings. The number of hydrogen-bond acceptors (Lipinski definition) is 5. The number of aromatic nitrogens is 1. The van der Waals surface area contributed by atoms with Crippen molar-refractivity contribution in [2.24, 2.45) is 5.73 Å². The van der Waals surface area contributed by atoms with E-state index in [0.29, 0.717) is 12.6 Å². The smallest absolute Gasteiger partial charge is 0.133 e. The van der Waals surface area contributed by atoms with Gasteiger partial charge in [0, 0.05) is 50.0 Å². The molecule has 0 bridgehead atoms. The molecule has 0 saturated carbocycles. The van der Waals surface area contributed by atoms with E-state index >= 15 is 0 Å². The zero-order valence-corrected chi connectivity index (χ0v) is 13.1. The SMILES string of the molecule is Cc1cc(C)c(CN)c(N2CCC(N3CCOCC3)C2)n1. The number of nitrogens with two attached hydrogens (primary N) is 1. The Bertz CT molecular complexity index is 499. The average molecular weight is 290 g/mol. The van der Waals surface area contributed by atoms with Crippen LogP contribution in [0.15, 0.2) is 6.07 Å². The molecule has 2 saturated heterocycles. The molecule has 1 atom stereocenters. The third-order valence-corrected chi connectivity index (χ3v) is 4.68. The van der Waals surface area contributed by atoms with Crippen molar-refractivity contribution >= 4 is 5.82 Å². The standard InChI is InChI=1S/C16H26N4O/c1-12-9-13(2)18-16(15(12)10-17)20-4-3-14(11-20)19-5-7-21-8-6-19/h9,14H,3-8,10-11,17H2,1-2H3. The van der Waals surface area contributed by atoms with Crippen LogP contribution < -0.4 is 10.6 Å². The predicted molar refractivity (Wildman–Crippen MR) is 84.6 cm³/mol. The van der Waals surface area contributed by atoms with Crippen LogP contribution in [0.1, 0.15) is 23.2 Å². The Labute approximate surface area is 127 Å². The summed E-state index contributed by atoms with van der Waals surface area (Å²) < 4.78 is 5.45. The summed E-state index contributed by atoms with van der Waals surface area (Å²) in [6, 6.07) is 2.75. The molecule has 3 rings (SSSR count). The topological polar surface area (TPSA) is 54.6 Å². The number of nitrogens with zero attached hydrogens (tertiary/aromatic N) is 3. The lowest BCUT2D eigenvalue weighted by atomic mass is 10.1. The van der Waals surface area contributed by atoms with Gasteiger partial charge in [0.15, 0.2) is 0 Å². The minimum absolute atomic E-state index is 0.563. The monoisotopic (exact) mass is 290 g/mol. The van der Waals surface area contributed by atoms with E-state index in [1.165, 1.54) is 17.5 Å². The van der Waals surface area contributed by atoms with Crippen LogP contribution in [0, 0.1) is 13.8 Å². The quantitative estimate of drug-likeness (QED) is 0.902. The highest BCUT2D eigenvalue weighted by atomic mass is 16.5. The molecular weight excluding hydrogens is 264 g/mol. The number of pyridine rings is 1. The number of rotatable bonds is 3. The van der Waals surface area contributed by atoms with Gasteiger partial charge in [0.05, 0.1) is 13.2 Å². The van der Waals surface area contributed by atoms with E-state index < -0.39 is 0 Å². The second-order valence-electron chi connectivity index (χ2n) is 6.12. The zero-order valence-electron chi connectivity index (χ0n) is 13.1. The third kappa shape index (κ3) is 3.05. The van der Waals surface area contributed by atoms with Gasteiger partial charge in [0.25, 0.3) is 0 Å². The second kappa shape index (κ2) is 6.30. The van der Waals surface area contributed by atoms with Gasteiger partial charge < -0.3 is 15.4 Å². The number of ether oxygens (including phenoxy) is 1. The maximum absolute atomic E-state index is 5.95. The van der Waals surface area contributed by atoms with Gasteiger partial charge in [0.2, 0.25) is 0 Å². The minimum atomic E-state index is 0.563. The number of aryl methyl sites for hydroxylation is 2. The first-order chi connectivity index (χ1) is 10.2. The van der Waals surface area contributed by atoms with Crippen molar-refractivity contribution in [2.75, 3.05) is 44.3 Å². The van der Waals surface area contributed by atoms with Crippen molar-refractivity contribution in [3.8, 4) is 0 Å². The van der Waals surface area contributed by atoms with Crippen molar-refractivity contribution in [3.05, 3.63) is 22.9 Å². The van der Waals surface area contributed by atoms with Gasteiger partial charge >= 0.3 is 0 Å². The highest BCUT2D eigenvalue weighted by Gasteiger charge is 2.30. The first kappa shape index (κ1) is 14.8. The second-order valence-corrected chi connectivity index (χ2v) is 6.12. The molecule has 5 heteroatoms. The van der Waals surface area contributed by atoms with Crippen LogP contribution in [0.2, 0.25) is 0 Å². The van der Waals surface area contributed by atoms with Gasteiger partial charge in [-0.05, 0) is 31.9 Å². The average Bonchev–Trinajstić information content (AvgIpc) is 2.97. The zero-order chi connectivity index (χ0) is 14.8. The van der Waals surface area contributed by atoms with E-state index in [9.17, 15) is 0 Å². The first-order valence-corrected chi connectivity index (χ1v) is 7.93. The normalized spacial score (nSPS) is 23.8. The van der Waals surface area contributed by atoms with Crippen LogP contribution in [-0.4, -0.2) is 55.3 Å². The summed E-state index contributed by atoms with van der Waals surface area (Å²) in [6.45, 7) is 10.7. The fourth-order valence-electron chi connectivity index (χ4n) is 3.53. The van der Waals surface area contributed by atoms with Gasteiger partial charge in [0.1, 0.15) is 5.82 Å². The molecule has 1 unspecified atom stereocenters. The molecule has 3 heterocycles. The molecule has 5 nitrogen and oxygen atoms in total. The van der Waals surface area contributed by atoms with Gasteiger partial charge in [-0.25, -0.2) is 4.98 Å². The molecule has 0 radical (unpaired) electrons. The summed E-state index contributed by atoms with van der Waals surface area (Å²) in [5.74, 6) is 1.10. The van der Waals surface area contributed by atoms with Crippen molar-refractivity contribution in [2.45, 2.75) is 32.9 Å². The molecule has 0 aliphatic carbocycles. The Hall–Kier alpha value is -1.17. The van der Waals surface area contributed by atoms with Crippen molar-refractivity contribution < 1.29 is 4.74 Å². The fraction of sp³-hybridized carbons (Fsp3) is 0.688. The summed E-state index contributed by atoms with van der Waals surface area (Å²) in [7, 11) is 0. The largest absolute Gasteiger partial charge is 0.379 e. The van der Waals surface area contributed by atoms with E-state index in [4.69, 9.17) is 15.5 Å². The van der Waals surface area contributed by atoms with Crippen LogP contribution >= 0.6 is 0 Å². The number of hydrogen-bond donors (Lipinski definition) is 1. The summed E-state index contributed by atoms with van der Waals surface area (Å²) in [6.07, 6.45) is 1.21. The van der Waals surface area contributed by atoms with Crippen molar-refractivity contribution in [3.63, 3.8) is 0 Å². The van der Waals surface area contributed by atoms with E-state index in [-0.39, 0.29) is 0 Å². The molecule has 0 aromatic carbocycles. The lowest BCUT2D eigenvalue weighted by Gasteiger charge is -2.32. The van der Waals surface area contributed by atoms with E-state index in [2.05, 4.69) is 29.7 Å². The fourth-order valence-corrected chi connectivity index (χ4v) is 3.53. The third-order valence-electron chi connectivity index (χ3n) is 4.68. The summed E-state index contributed by atoms with van der Waals surface area (Å²) in [5, 5.41) is 0. The summed E-state index contributed by atoms with van der Waals surface area (Å²) in [5.41, 5.74) is 9.49. The molecule has 116 valence electrons. The van der Waals surface area contributed by atoms with Crippen LogP contribution in [0.3, 0.4) is 0 Å². The Morgan fingerprint density at radius 3 is 2.76 bits per heavy atom. The molecular formula is C16H26N4O. The Morgan fingerprint density at radius 2 is 2.05 bits per heavy atom. The van der Waals surface area contributed by atoms with Gasteiger partial charge in [-0.1, -0.05) is 0 Å². The van der Waals surface area contributed by atoms with E-state index in [1.807, 2.05) is 0 Å². The lowest BCUT2D eigenvalue weighted by Crippen LogP contribution is -2.44. The van der Waals surface area contributed by atoms with Gasteiger partial charge in [-0.3, -0.25) is 4.90 Å². The van der Waals surface area contributed by atoms with Crippen LogP contribution in [-0.2, 0) is 11.3 Å². The molecule has 21 heavy (non-hydrogen) atoms. The number of morpholine rings is 1. The molecule has 2 N–H and O–H groups in total. The number of anilines is 1. The highest BCUT2D eigenvalue weighted by molar-refractivity contribution is 5.52. The maximum Gasteiger partial charge on any atom is 0.133 e. The van der Waals surface area contributed by atoms with Crippen LogP contribution in [0.4, 0.5) is 5.82 Å². The van der Waals surface area contributed by atoms with E-state index in [1.54, 1.807) is 0 Å². The molecule has 0 amide bonds. The van der Waals surface area contributed by atoms with Crippen molar-refractivity contribution in [1.29, 1.82) is 0 Å². The minimum Gasteiger partial charge on any atom is -0.379 e. The molecule has 1 aromatic heterocycles. The van der Waals surface area contributed by atoms with E-state index in [0.717, 1.165) is 50.9 Å². The first-order valence-electron chi connectivity index (χ1n) is 7.93.